The summed E-state index contributed by atoms with van der Waals surface area (Å²) < 4.78 is 5.33. The number of carbonyl (C=O) groups excluding carboxylic acids is 1. The smallest absolute Gasteiger partial charge is 0.258 e. The van der Waals surface area contributed by atoms with Crippen LogP contribution in [0.2, 0.25) is 0 Å². The van der Waals surface area contributed by atoms with Crippen molar-refractivity contribution in [1.82, 2.24) is 10.3 Å². The summed E-state index contributed by atoms with van der Waals surface area (Å²) in [7, 11) is 0. The lowest BCUT2D eigenvalue weighted by Gasteiger charge is -2.12. The zero-order chi connectivity index (χ0) is 14.4. The Hall–Kier alpha value is -1.92. The number of hydrogen-bond donors (Lipinski definition) is 2. The molecule has 20 heavy (non-hydrogen) atoms. The van der Waals surface area contributed by atoms with Crippen LogP contribution in [0.3, 0.4) is 0 Å². The molecule has 0 saturated carbocycles. The van der Waals surface area contributed by atoms with E-state index in [0.717, 1.165) is 4.88 Å². The van der Waals surface area contributed by atoms with Crippen LogP contribution in [0, 0.1) is 0 Å². The van der Waals surface area contributed by atoms with E-state index in [0.29, 0.717) is 11.4 Å². The fourth-order valence-electron chi connectivity index (χ4n) is 1.63. The van der Waals surface area contributed by atoms with Gasteiger partial charge in [-0.25, -0.2) is 0 Å². The van der Waals surface area contributed by atoms with Gasteiger partial charge in [0.05, 0.1) is 24.5 Å². The summed E-state index contributed by atoms with van der Waals surface area (Å²) in [5, 5.41) is 13.7. The summed E-state index contributed by atoms with van der Waals surface area (Å²) in [6.07, 6.45) is 1.49. The molecule has 2 N–H and O–H groups in total. The summed E-state index contributed by atoms with van der Waals surface area (Å²) >= 11 is 1.60. The van der Waals surface area contributed by atoms with Crippen molar-refractivity contribution in [2.45, 2.75) is 19.6 Å². The van der Waals surface area contributed by atoms with Gasteiger partial charge in [-0.15, -0.1) is 11.3 Å². The lowest BCUT2D eigenvalue weighted by molar-refractivity contribution is -0.123. The summed E-state index contributed by atoms with van der Waals surface area (Å²) in [5.41, 5.74) is 0.563. The molecule has 0 spiro atoms. The first-order valence-corrected chi connectivity index (χ1v) is 7.08. The highest BCUT2D eigenvalue weighted by atomic mass is 32.1. The molecule has 0 unspecified atom stereocenters. The molecule has 2 aromatic heterocycles. The SMILES string of the molecule is C[C@H](NC(=O)COc1ccc(CO)nc1)c1cccs1. The second-order valence-electron chi connectivity index (χ2n) is 4.24. The normalized spacial score (nSPS) is 11.9. The third-order valence-corrected chi connectivity index (χ3v) is 3.73. The van der Waals surface area contributed by atoms with Gasteiger partial charge in [-0.1, -0.05) is 6.07 Å². The minimum Gasteiger partial charge on any atom is -0.482 e. The van der Waals surface area contributed by atoms with E-state index in [4.69, 9.17) is 9.84 Å². The van der Waals surface area contributed by atoms with Crippen molar-refractivity contribution in [2.75, 3.05) is 6.61 Å². The Morgan fingerprint density at radius 3 is 2.95 bits per heavy atom. The van der Waals surface area contributed by atoms with Gasteiger partial charge in [-0.3, -0.25) is 9.78 Å². The number of nitrogens with zero attached hydrogens (tertiary/aromatic N) is 1. The Bertz CT molecular complexity index is 540. The van der Waals surface area contributed by atoms with E-state index in [1.807, 2.05) is 24.4 Å². The van der Waals surface area contributed by atoms with Crippen LogP contribution in [-0.4, -0.2) is 22.6 Å². The van der Waals surface area contributed by atoms with Gasteiger partial charge in [0.2, 0.25) is 0 Å². The van der Waals surface area contributed by atoms with Gasteiger partial charge in [0.25, 0.3) is 5.91 Å². The van der Waals surface area contributed by atoms with Crippen molar-refractivity contribution >= 4 is 17.2 Å². The maximum atomic E-state index is 11.8. The van der Waals surface area contributed by atoms with Gasteiger partial charge in [-0.05, 0) is 30.5 Å². The quantitative estimate of drug-likeness (QED) is 0.853. The number of thiophene rings is 1. The highest BCUT2D eigenvalue weighted by Gasteiger charge is 2.10. The average molecular weight is 292 g/mol. The molecule has 1 amide bonds. The summed E-state index contributed by atoms with van der Waals surface area (Å²) in [4.78, 5) is 16.8. The highest BCUT2D eigenvalue weighted by Crippen LogP contribution is 2.17. The fourth-order valence-corrected chi connectivity index (χ4v) is 2.37. The Morgan fingerprint density at radius 2 is 2.35 bits per heavy atom. The molecule has 0 aromatic carbocycles. The number of aliphatic hydroxyl groups is 1. The second-order valence-corrected chi connectivity index (χ2v) is 5.22. The van der Waals surface area contributed by atoms with Gasteiger partial charge in [0, 0.05) is 4.88 Å². The standard InChI is InChI=1S/C14H16N2O3S/c1-10(13-3-2-6-20-13)16-14(18)9-19-12-5-4-11(8-17)15-7-12/h2-7,10,17H,8-9H2,1H3,(H,16,18)/t10-/m0/s1. The Balaban J connectivity index is 1.79. The fraction of sp³-hybridized carbons (Fsp3) is 0.286. The molecular formula is C14H16N2O3S. The number of aromatic nitrogens is 1. The lowest BCUT2D eigenvalue weighted by Crippen LogP contribution is -2.30. The first-order chi connectivity index (χ1) is 9.69. The number of ether oxygens (including phenoxy) is 1. The van der Waals surface area contributed by atoms with Gasteiger partial charge < -0.3 is 15.2 Å². The number of nitrogens with one attached hydrogen (secondary N) is 1. The molecule has 0 saturated heterocycles. The van der Waals surface area contributed by atoms with Crippen molar-refractivity contribution in [3.05, 3.63) is 46.4 Å². The number of hydrogen-bond acceptors (Lipinski definition) is 5. The lowest BCUT2D eigenvalue weighted by atomic mass is 10.3. The van der Waals surface area contributed by atoms with Gasteiger partial charge >= 0.3 is 0 Å². The van der Waals surface area contributed by atoms with Crippen LogP contribution in [0.15, 0.2) is 35.8 Å². The minimum atomic E-state index is -0.183. The largest absolute Gasteiger partial charge is 0.482 e. The van der Waals surface area contributed by atoms with E-state index >= 15 is 0 Å². The molecule has 1 atom stereocenters. The molecule has 0 radical (unpaired) electrons. The monoisotopic (exact) mass is 292 g/mol. The molecule has 2 rings (SSSR count). The van der Waals surface area contributed by atoms with Crippen molar-refractivity contribution in [3.8, 4) is 5.75 Å². The average Bonchev–Trinajstić information content (AvgIpc) is 3.00. The van der Waals surface area contributed by atoms with Crippen LogP contribution in [0.5, 0.6) is 5.75 Å². The minimum absolute atomic E-state index is 0.0269. The zero-order valence-corrected chi connectivity index (χ0v) is 11.9. The zero-order valence-electron chi connectivity index (χ0n) is 11.1. The van der Waals surface area contributed by atoms with Crippen LogP contribution < -0.4 is 10.1 Å². The number of carbonyl (C=O) groups is 1. The van der Waals surface area contributed by atoms with Crippen LogP contribution in [0.4, 0.5) is 0 Å². The number of aliphatic hydroxyl groups excluding tert-OH is 1. The molecule has 0 fully saturated rings. The third-order valence-electron chi connectivity index (χ3n) is 2.68. The topological polar surface area (TPSA) is 71.5 Å². The molecule has 0 aliphatic carbocycles. The van der Waals surface area contributed by atoms with Crippen LogP contribution >= 0.6 is 11.3 Å². The highest BCUT2D eigenvalue weighted by molar-refractivity contribution is 7.10. The Morgan fingerprint density at radius 1 is 1.50 bits per heavy atom. The number of amides is 1. The maximum absolute atomic E-state index is 11.8. The van der Waals surface area contributed by atoms with E-state index in [2.05, 4.69) is 10.3 Å². The molecule has 0 bridgehead atoms. The summed E-state index contributed by atoms with van der Waals surface area (Å²) in [5.74, 6) is 0.318. The molecular weight excluding hydrogens is 276 g/mol. The molecule has 0 aliphatic heterocycles. The van der Waals surface area contributed by atoms with Gasteiger partial charge in [0.15, 0.2) is 6.61 Å². The molecule has 0 aliphatic rings. The van der Waals surface area contributed by atoms with Crippen LogP contribution in [0.25, 0.3) is 0 Å². The van der Waals surface area contributed by atoms with Crippen molar-refractivity contribution in [1.29, 1.82) is 0 Å². The Kier molecular flexibility index (Phi) is 5.09. The third kappa shape index (κ3) is 4.04. The molecule has 5 nitrogen and oxygen atoms in total. The molecule has 2 aromatic rings. The maximum Gasteiger partial charge on any atom is 0.258 e. The molecule has 2 heterocycles. The number of pyridine rings is 1. The first kappa shape index (κ1) is 14.5. The van der Waals surface area contributed by atoms with E-state index in [1.165, 1.54) is 6.20 Å². The van der Waals surface area contributed by atoms with Crippen molar-refractivity contribution < 1.29 is 14.6 Å². The predicted molar refractivity (Wildman–Crippen MR) is 76.5 cm³/mol. The van der Waals surface area contributed by atoms with E-state index in [9.17, 15) is 4.79 Å². The van der Waals surface area contributed by atoms with E-state index < -0.39 is 0 Å². The summed E-state index contributed by atoms with van der Waals surface area (Å²) in [6.45, 7) is 1.76. The van der Waals surface area contributed by atoms with Crippen molar-refractivity contribution in [3.63, 3.8) is 0 Å². The number of rotatable bonds is 6. The summed E-state index contributed by atoms with van der Waals surface area (Å²) in [6, 6.07) is 7.23. The van der Waals surface area contributed by atoms with Gasteiger partial charge in [0.1, 0.15) is 5.75 Å². The van der Waals surface area contributed by atoms with Crippen LogP contribution in [0.1, 0.15) is 23.5 Å². The van der Waals surface area contributed by atoms with Crippen LogP contribution in [-0.2, 0) is 11.4 Å². The predicted octanol–water partition coefficient (Wildman–Crippen LogP) is 1.89. The van der Waals surface area contributed by atoms with E-state index in [1.54, 1.807) is 23.5 Å². The molecule has 106 valence electrons. The first-order valence-electron chi connectivity index (χ1n) is 6.20. The Labute approximate surface area is 121 Å². The molecule has 6 heteroatoms. The van der Waals surface area contributed by atoms with Gasteiger partial charge in [-0.2, -0.15) is 0 Å². The van der Waals surface area contributed by atoms with E-state index in [-0.39, 0.29) is 25.2 Å². The van der Waals surface area contributed by atoms with Crippen molar-refractivity contribution in [2.24, 2.45) is 0 Å². The second kappa shape index (κ2) is 7.02.